The number of aromatic nitrogens is 1. The first kappa shape index (κ1) is 21.8. The molecule has 1 saturated carbocycles. The number of nitrogens with one attached hydrogen (secondary N) is 2. The molecule has 152 valence electrons. The standard InChI is InChI=1S/C17H22ClN5O4S/c1-22(2)16(25)10-4-3-5-12(8-10)23(17(26)27)21-15(28)14(24)20-11-6-7-13(18)19-9-11/h6-7,9-10,12H,3-5,8H2,1-2H3,(H,20,24)(H,21,28)(H,26,27)/t10-,12?/m0/s1. The fraction of sp³-hybridized carbons (Fsp3) is 0.471. The smallest absolute Gasteiger partial charge is 0.426 e. The minimum atomic E-state index is -1.27. The van der Waals surface area contributed by atoms with Gasteiger partial charge in [-0.3, -0.25) is 15.0 Å². The molecule has 9 nitrogen and oxygen atoms in total. The lowest BCUT2D eigenvalue weighted by Crippen LogP contribution is -2.55. The average Bonchev–Trinajstić information content (AvgIpc) is 2.66. The number of nitrogens with zero attached hydrogens (tertiary/aromatic N) is 3. The second-order valence-electron chi connectivity index (χ2n) is 6.67. The van der Waals surface area contributed by atoms with Gasteiger partial charge < -0.3 is 15.3 Å². The van der Waals surface area contributed by atoms with Crippen molar-refractivity contribution in [3.05, 3.63) is 23.5 Å². The van der Waals surface area contributed by atoms with Gasteiger partial charge in [0, 0.05) is 20.0 Å². The van der Waals surface area contributed by atoms with Gasteiger partial charge in [0.15, 0.2) is 4.99 Å². The quantitative estimate of drug-likeness (QED) is 0.384. The lowest BCUT2D eigenvalue weighted by atomic mass is 9.84. The van der Waals surface area contributed by atoms with Crippen LogP contribution in [-0.2, 0) is 9.59 Å². The molecule has 3 amide bonds. The first-order chi connectivity index (χ1) is 13.2. The van der Waals surface area contributed by atoms with Crippen LogP contribution in [0.5, 0.6) is 0 Å². The Morgan fingerprint density at radius 2 is 2.00 bits per heavy atom. The Balaban J connectivity index is 2.02. The molecular formula is C17H22ClN5O4S. The molecule has 1 heterocycles. The third-order valence-electron chi connectivity index (χ3n) is 4.42. The summed E-state index contributed by atoms with van der Waals surface area (Å²) in [6.07, 6.45) is 2.43. The zero-order valence-corrected chi connectivity index (χ0v) is 17.1. The van der Waals surface area contributed by atoms with Gasteiger partial charge in [0.2, 0.25) is 5.91 Å². The minimum absolute atomic E-state index is 0.0365. The zero-order valence-electron chi connectivity index (χ0n) is 15.5. The normalized spacial score (nSPS) is 18.7. The first-order valence-corrected chi connectivity index (χ1v) is 9.44. The minimum Gasteiger partial charge on any atom is -0.464 e. The van der Waals surface area contributed by atoms with E-state index >= 15 is 0 Å². The summed E-state index contributed by atoms with van der Waals surface area (Å²) < 4.78 is 0. The largest absolute Gasteiger partial charge is 0.464 e. The van der Waals surface area contributed by atoms with Gasteiger partial charge in [-0.25, -0.2) is 14.8 Å². The molecule has 1 aliphatic rings. The van der Waals surface area contributed by atoms with Crippen molar-refractivity contribution < 1.29 is 19.5 Å². The Kier molecular flexibility index (Phi) is 7.53. The molecule has 0 radical (unpaired) electrons. The Labute approximate surface area is 173 Å². The van der Waals surface area contributed by atoms with Gasteiger partial charge in [0.1, 0.15) is 5.15 Å². The zero-order chi connectivity index (χ0) is 20.8. The highest BCUT2D eigenvalue weighted by atomic mass is 35.5. The SMILES string of the molecule is CN(C)C(=O)[C@H]1CCCC(N(NC(=S)C(=O)Nc2ccc(Cl)nc2)C(=O)O)C1. The monoisotopic (exact) mass is 427 g/mol. The molecule has 0 saturated heterocycles. The van der Waals surface area contributed by atoms with Gasteiger partial charge >= 0.3 is 6.09 Å². The van der Waals surface area contributed by atoms with E-state index in [9.17, 15) is 19.5 Å². The molecule has 1 unspecified atom stereocenters. The first-order valence-electron chi connectivity index (χ1n) is 8.66. The number of hydrogen-bond acceptors (Lipinski definition) is 5. The predicted molar refractivity (Wildman–Crippen MR) is 108 cm³/mol. The van der Waals surface area contributed by atoms with Crippen LogP contribution >= 0.6 is 23.8 Å². The molecule has 0 aromatic carbocycles. The number of hydrogen-bond donors (Lipinski definition) is 3. The van der Waals surface area contributed by atoms with Crippen LogP contribution in [0.25, 0.3) is 0 Å². The number of carboxylic acid groups (broad SMARTS) is 1. The van der Waals surface area contributed by atoms with E-state index in [4.69, 9.17) is 23.8 Å². The number of carbonyl (C=O) groups is 3. The molecule has 2 atom stereocenters. The summed E-state index contributed by atoms with van der Waals surface area (Å²) in [6.45, 7) is 0. The molecule has 0 spiro atoms. The molecule has 28 heavy (non-hydrogen) atoms. The fourth-order valence-corrected chi connectivity index (χ4v) is 3.34. The van der Waals surface area contributed by atoms with Crippen molar-refractivity contribution in [2.24, 2.45) is 5.92 Å². The molecule has 1 fully saturated rings. The van der Waals surface area contributed by atoms with Crippen molar-refractivity contribution in [1.29, 1.82) is 0 Å². The summed E-state index contributed by atoms with van der Waals surface area (Å²) in [4.78, 5) is 41.2. The molecule has 11 heteroatoms. The fourth-order valence-electron chi connectivity index (χ4n) is 3.08. The van der Waals surface area contributed by atoms with E-state index in [1.54, 1.807) is 20.2 Å². The number of amides is 3. The number of pyridine rings is 1. The Hall–Kier alpha value is -2.46. The van der Waals surface area contributed by atoms with Crippen molar-refractivity contribution in [3.63, 3.8) is 0 Å². The number of rotatable bonds is 3. The van der Waals surface area contributed by atoms with Gasteiger partial charge in [0.25, 0.3) is 5.91 Å². The van der Waals surface area contributed by atoms with Gasteiger partial charge in [-0.05, 0) is 31.4 Å². The van der Waals surface area contributed by atoms with Gasteiger partial charge in [0.05, 0.1) is 17.9 Å². The van der Waals surface area contributed by atoms with E-state index in [0.29, 0.717) is 31.4 Å². The molecule has 1 aromatic heterocycles. The van der Waals surface area contributed by atoms with E-state index in [0.717, 1.165) is 5.01 Å². The van der Waals surface area contributed by atoms with Crippen molar-refractivity contribution in [2.45, 2.75) is 31.7 Å². The van der Waals surface area contributed by atoms with Gasteiger partial charge in [-0.1, -0.05) is 30.2 Å². The summed E-state index contributed by atoms with van der Waals surface area (Å²) in [6, 6.07) is 2.58. The Bertz CT molecular complexity index is 758. The molecule has 0 aliphatic heterocycles. The number of halogens is 1. The Morgan fingerprint density at radius 3 is 2.57 bits per heavy atom. The third kappa shape index (κ3) is 5.77. The van der Waals surface area contributed by atoms with Gasteiger partial charge in [-0.2, -0.15) is 0 Å². The summed E-state index contributed by atoms with van der Waals surface area (Å²) in [5, 5.41) is 13.3. The van der Waals surface area contributed by atoms with Crippen LogP contribution in [0, 0.1) is 5.92 Å². The van der Waals surface area contributed by atoms with Crippen LogP contribution in [0.2, 0.25) is 5.15 Å². The number of anilines is 1. The van der Waals surface area contributed by atoms with E-state index in [1.165, 1.54) is 17.2 Å². The molecular weight excluding hydrogens is 406 g/mol. The molecule has 3 N–H and O–H groups in total. The number of thiocarbonyl (C=S) groups is 1. The van der Waals surface area contributed by atoms with Crippen molar-refractivity contribution in [2.75, 3.05) is 19.4 Å². The van der Waals surface area contributed by atoms with Crippen LogP contribution in [0.15, 0.2) is 18.3 Å². The highest BCUT2D eigenvalue weighted by Gasteiger charge is 2.34. The van der Waals surface area contributed by atoms with Crippen LogP contribution < -0.4 is 10.7 Å². The number of carbonyl (C=O) groups excluding carboxylic acids is 2. The van der Waals surface area contributed by atoms with Crippen LogP contribution in [0.3, 0.4) is 0 Å². The van der Waals surface area contributed by atoms with E-state index < -0.39 is 18.0 Å². The lowest BCUT2D eigenvalue weighted by Gasteiger charge is -2.36. The summed E-state index contributed by atoms with van der Waals surface area (Å²) in [5.74, 6) is -0.979. The molecule has 1 aliphatic carbocycles. The third-order valence-corrected chi connectivity index (χ3v) is 4.92. The van der Waals surface area contributed by atoms with Crippen LogP contribution in [0.4, 0.5) is 10.5 Å². The lowest BCUT2D eigenvalue weighted by molar-refractivity contribution is -0.134. The van der Waals surface area contributed by atoms with E-state index in [-0.39, 0.29) is 22.0 Å². The van der Waals surface area contributed by atoms with Crippen molar-refractivity contribution in [1.82, 2.24) is 20.3 Å². The average molecular weight is 428 g/mol. The number of hydrazine groups is 1. The highest BCUT2D eigenvalue weighted by Crippen LogP contribution is 2.28. The maximum atomic E-state index is 12.2. The van der Waals surface area contributed by atoms with Crippen molar-refractivity contribution >= 4 is 52.4 Å². The molecule has 1 aromatic rings. The van der Waals surface area contributed by atoms with E-state index in [2.05, 4.69) is 15.7 Å². The highest BCUT2D eigenvalue weighted by molar-refractivity contribution is 7.82. The summed E-state index contributed by atoms with van der Waals surface area (Å²) in [7, 11) is 3.34. The van der Waals surface area contributed by atoms with Crippen LogP contribution in [0.1, 0.15) is 25.7 Å². The second-order valence-corrected chi connectivity index (χ2v) is 7.46. The molecule has 0 bridgehead atoms. The summed E-state index contributed by atoms with van der Waals surface area (Å²) in [5.41, 5.74) is 2.86. The van der Waals surface area contributed by atoms with Crippen LogP contribution in [-0.4, -0.2) is 63.0 Å². The molecule has 2 rings (SSSR count). The topological polar surface area (TPSA) is 115 Å². The predicted octanol–water partition coefficient (Wildman–Crippen LogP) is 2.13. The maximum Gasteiger partial charge on any atom is 0.426 e. The maximum absolute atomic E-state index is 12.2. The van der Waals surface area contributed by atoms with Crippen molar-refractivity contribution in [3.8, 4) is 0 Å². The summed E-state index contributed by atoms with van der Waals surface area (Å²) >= 11 is 10.7. The van der Waals surface area contributed by atoms with Gasteiger partial charge in [-0.15, -0.1) is 0 Å². The van der Waals surface area contributed by atoms with E-state index in [1.807, 2.05) is 0 Å². The second kappa shape index (κ2) is 9.65. The Morgan fingerprint density at radius 1 is 1.29 bits per heavy atom.